The van der Waals surface area contributed by atoms with Crippen molar-refractivity contribution in [2.24, 2.45) is 0 Å². The van der Waals surface area contributed by atoms with Gasteiger partial charge in [-0.1, -0.05) is 23.7 Å². The van der Waals surface area contributed by atoms with Gasteiger partial charge >= 0.3 is 0 Å². The van der Waals surface area contributed by atoms with Crippen molar-refractivity contribution in [3.05, 3.63) is 70.9 Å². The first-order valence-corrected chi connectivity index (χ1v) is 7.75. The number of H-pyrrole nitrogens is 1. The fourth-order valence-electron chi connectivity index (χ4n) is 2.36. The van der Waals surface area contributed by atoms with Gasteiger partial charge in [0.1, 0.15) is 5.75 Å². The van der Waals surface area contributed by atoms with E-state index in [0.29, 0.717) is 22.8 Å². The van der Waals surface area contributed by atoms with E-state index in [4.69, 9.17) is 16.3 Å². The SMILES string of the molecule is COc1ccc(-c2[nH]ncc2C(=O)NCc2cccc(Cl)c2)cc1. The summed E-state index contributed by atoms with van der Waals surface area (Å²) in [5.41, 5.74) is 2.95. The van der Waals surface area contributed by atoms with Crippen LogP contribution >= 0.6 is 11.6 Å². The molecule has 2 aromatic carbocycles. The van der Waals surface area contributed by atoms with Gasteiger partial charge < -0.3 is 10.1 Å². The average Bonchev–Trinajstić information content (AvgIpc) is 3.09. The number of hydrogen-bond acceptors (Lipinski definition) is 3. The molecule has 0 atom stereocenters. The summed E-state index contributed by atoms with van der Waals surface area (Å²) in [6.07, 6.45) is 1.52. The van der Waals surface area contributed by atoms with Crippen molar-refractivity contribution in [3.63, 3.8) is 0 Å². The van der Waals surface area contributed by atoms with E-state index in [1.54, 1.807) is 13.2 Å². The Labute approximate surface area is 144 Å². The first-order chi connectivity index (χ1) is 11.7. The zero-order valence-electron chi connectivity index (χ0n) is 13.0. The van der Waals surface area contributed by atoms with Crippen LogP contribution in [0, 0.1) is 0 Å². The highest BCUT2D eigenvalue weighted by Crippen LogP contribution is 2.23. The van der Waals surface area contributed by atoms with Gasteiger partial charge in [0.05, 0.1) is 24.6 Å². The monoisotopic (exact) mass is 341 g/mol. The molecule has 3 rings (SSSR count). The zero-order chi connectivity index (χ0) is 16.9. The Morgan fingerprint density at radius 3 is 2.75 bits per heavy atom. The highest BCUT2D eigenvalue weighted by Gasteiger charge is 2.15. The Bertz CT molecular complexity index is 843. The molecular formula is C18H16ClN3O2. The van der Waals surface area contributed by atoms with Gasteiger partial charge in [-0.15, -0.1) is 0 Å². The molecule has 1 amide bonds. The van der Waals surface area contributed by atoms with Crippen molar-refractivity contribution in [2.75, 3.05) is 7.11 Å². The number of benzene rings is 2. The molecule has 1 aromatic heterocycles. The van der Waals surface area contributed by atoms with Gasteiger partial charge in [0.25, 0.3) is 5.91 Å². The first kappa shape index (κ1) is 16.1. The maximum Gasteiger partial charge on any atom is 0.255 e. The summed E-state index contributed by atoms with van der Waals surface area (Å²) in [4.78, 5) is 12.5. The average molecular weight is 342 g/mol. The minimum atomic E-state index is -0.199. The number of ether oxygens (including phenoxy) is 1. The lowest BCUT2D eigenvalue weighted by atomic mass is 10.1. The predicted molar refractivity (Wildman–Crippen MR) is 93.2 cm³/mol. The molecule has 0 saturated heterocycles. The van der Waals surface area contributed by atoms with E-state index in [1.165, 1.54) is 6.20 Å². The molecule has 0 aliphatic carbocycles. The van der Waals surface area contributed by atoms with E-state index >= 15 is 0 Å². The number of nitrogens with one attached hydrogen (secondary N) is 2. The standard InChI is InChI=1S/C18H16ClN3O2/c1-24-15-7-5-13(6-8-15)17-16(11-21-22-17)18(23)20-10-12-3-2-4-14(19)9-12/h2-9,11H,10H2,1H3,(H,20,23)(H,21,22). The lowest BCUT2D eigenvalue weighted by molar-refractivity contribution is 0.0951. The third-order valence-corrected chi connectivity index (χ3v) is 3.84. The third-order valence-electron chi connectivity index (χ3n) is 3.60. The van der Waals surface area contributed by atoms with Crippen molar-refractivity contribution in [1.82, 2.24) is 15.5 Å². The highest BCUT2D eigenvalue weighted by atomic mass is 35.5. The van der Waals surface area contributed by atoms with E-state index in [1.807, 2.05) is 42.5 Å². The molecule has 2 N–H and O–H groups in total. The van der Waals surface area contributed by atoms with E-state index in [2.05, 4.69) is 15.5 Å². The normalized spacial score (nSPS) is 10.4. The molecule has 0 radical (unpaired) electrons. The quantitative estimate of drug-likeness (QED) is 0.744. The maximum atomic E-state index is 12.5. The number of carbonyl (C=O) groups excluding carboxylic acids is 1. The van der Waals surface area contributed by atoms with E-state index < -0.39 is 0 Å². The molecule has 0 bridgehead atoms. The molecule has 0 spiro atoms. The number of aromatic amines is 1. The smallest absolute Gasteiger partial charge is 0.255 e. The first-order valence-electron chi connectivity index (χ1n) is 7.38. The van der Waals surface area contributed by atoms with Crippen molar-refractivity contribution >= 4 is 17.5 Å². The molecular weight excluding hydrogens is 326 g/mol. The molecule has 0 unspecified atom stereocenters. The molecule has 0 aliphatic rings. The number of carbonyl (C=O) groups is 1. The summed E-state index contributed by atoms with van der Waals surface area (Å²) < 4.78 is 5.15. The Balaban J connectivity index is 1.75. The summed E-state index contributed by atoms with van der Waals surface area (Å²) in [6, 6.07) is 14.8. The van der Waals surface area contributed by atoms with Crippen LogP contribution in [0.5, 0.6) is 5.75 Å². The summed E-state index contributed by atoms with van der Waals surface area (Å²) in [5.74, 6) is 0.555. The lowest BCUT2D eigenvalue weighted by Gasteiger charge is -2.07. The number of amides is 1. The van der Waals surface area contributed by atoms with Gasteiger partial charge in [0.15, 0.2) is 0 Å². The Morgan fingerprint density at radius 2 is 2.04 bits per heavy atom. The second-order valence-electron chi connectivity index (χ2n) is 5.20. The minimum Gasteiger partial charge on any atom is -0.497 e. The van der Waals surface area contributed by atoms with Crippen LogP contribution in [-0.2, 0) is 6.54 Å². The van der Waals surface area contributed by atoms with Gasteiger partial charge in [0.2, 0.25) is 0 Å². The van der Waals surface area contributed by atoms with Crippen LogP contribution in [0.3, 0.4) is 0 Å². The minimum absolute atomic E-state index is 0.199. The number of hydrogen-bond donors (Lipinski definition) is 2. The van der Waals surface area contributed by atoms with E-state index in [0.717, 1.165) is 16.9 Å². The molecule has 0 saturated carbocycles. The fourth-order valence-corrected chi connectivity index (χ4v) is 2.57. The van der Waals surface area contributed by atoms with Crippen LogP contribution in [0.4, 0.5) is 0 Å². The molecule has 122 valence electrons. The van der Waals surface area contributed by atoms with Crippen LogP contribution in [0.2, 0.25) is 5.02 Å². The summed E-state index contributed by atoms with van der Waals surface area (Å²) in [7, 11) is 1.61. The molecule has 0 fully saturated rings. The van der Waals surface area contributed by atoms with Crippen molar-refractivity contribution < 1.29 is 9.53 Å². The molecule has 1 heterocycles. The lowest BCUT2D eigenvalue weighted by Crippen LogP contribution is -2.22. The van der Waals surface area contributed by atoms with Crippen LogP contribution in [0.15, 0.2) is 54.7 Å². The topological polar surface area (TPSA) is 67.0 Å². The number of methoxy groups -OCH3 is 1. The van der Waals surface area contributed by atoms with Gasteiger partial charge in [-0.3, -0.25) is 9.89 Å². The largest absolute Gasteiger partial charge is 0.497 e. The predicted octanol–water partition coefficient (Wildman–Crippen LogP) is 3.67. The van der Waals surface area contributed by atoms with Crippen LogP contribution in [0.1, 0.15) is 15.9 Å². The molecule has 3 aromatic rings. The molecule has 5 nitrogen and oxygen atoms in total. The summed E-state index contributed by atoms with van der Waals surface area (Å²) in [5, 5.41) is 10.4. The van der Waals surface area contributed by atoms with Gasteiger partial charge in [-0.25, -0.2) is 0 Å². The van der Waals surface area contributed by atoms with Crippen molar-refractivity contribution in [3.8, 4) is 17.0 Å². The fraction of sp³-hybridized carbons (Fsp3) is 0.111. The number of aromatic nitrogens is 2. The number of rotatable bonds is 5. The summed E-state index contributed by atoms with van der Waals surface area (Å²) in [6.45, 7) is 0.395. The van der Waals surface area contributed by atoms with Crippen LogP contribution in [0.25, 0.3) is 11.3 Å². The van der Waals surface area contributed by atoms with E-state index in [9.17, 15) is 4.79 Å². The van der Waals surface area contributed by atoms with Crippen LogP contribution in [-0.4, -0.2) is 23.2 Å². The van der Waals surface area contributed by atoms with Gasteiger partial charge in [0, 0.05) is 17.1 Å². The third kappa shape index (κ3) is 3.58. The Hall–Kier alpha value is -2.79. The second kappa shape index (κ2) is 7.19. The number of halogens is 1. The zero-order valence-corrected chi connectivity index (χ0v) is 13.8. The van der Waals surface area contributed by atoms with Crippen molar-refractivity contribution in [2.45, 2.75) is 6.54 Å². The highest BCUT2D eigenvalue weighted by molar-refractivity contribution is 6.30. The second-order valence-corrected chi connectivity index (χ2v) is 5.64. The van der Waals surface area contributed by atoms with Gasteiger partial charge in [-0.05, 0) is 42.0 Å². The molecule has 0 aliphatic heterocycles. The van der Waals surface area contributed by atoms with Crippen molar-refractivity contribution in [1.29, 1.82) is 0 Å². The number of nitrogens with zero attached hydrogens (tertiary/aromatic N) is 1. The Morgan fingerprint density at radius 1 is 1.25 bits per heavy atom. The Kier molecular flexibility index (Phi) is 4.82. The molecule has 24 heavy (non-hydrogen) atoms. The van der Waals surface area contributed by atoms with E-state index in [-0.39, 0.29) is 5.91 Å². The molecule has 6 heteroatoms. The maximum absolute atomic E-state index is 12.5. The van der Waals surface area contributed by atoms with Gasteiger partial charge in [-0.2, -0.15) is 5.10 Å². The van der Waals surface area contributed by atoms with Crippen LogP contribution < -0.4 is 10.1 Å². The summed E-state index contributed by atoms with van der Waals surface area (Å²) >= 11 is 5.95.